The maximum atomic E-state index is 12.8. The molecule has 0 aliphatic carbocycles. The lowest BCUT2D eigenvalue weighted by molar-refractivity contribution is -0.137. The maximum absolute atomic E-state index is 12.8. The third-order valence-electron chi connectivity index (χ3n) is 3.77. The van der Waals surface area contributed by atoms with Crippen LogP contribution in [0.25, 0.3) is 6.08 Å². The molecule has 4 nitrogen and oxygen atoms in total. The van der Waals surface area contributed by atoms with Crippen LogP contribution in [0, 0.1) is 11.3 Å². The molecule has 0 aliphatic heterocycles. The number of alkyl halides is 3. The van der Waals surface area contributed by atoms with Crippen molar-refractivity contribution in [3.8, 4) is 11.8 Å². The summed E-state index contributed by atoms with van der Waals surface area (Å²) in [5.74, 6) is -0.109. The second kappa shape index (κ2) is 9.60. The Labute approximate surface area is 161 Å². The zero-order chi connectivity index (χ0) is 20.6. The Bertz CT molecular complexity index is 882. The molecular weight excluding hydrogens is 369 g/mol. The number of carbonyl (C=O) groups excluding carboxylic acids is 1. The van der Waals surface area contributed by atoms with E-state index in [1.807, 2.05) is 0 Å². The Hall–Kier alpha value is -3.27. The van der Waals surface area contributed by atoms with Crippen LogP contribution in [-0.4, -0.2) is 12.5 Å². The van der Waals surface area contributed by atoms with Crippen LogP contribution in [0.2, 0.25) is 0 Å². The highest BCUT2D eigenvalue weighted by molar-refractivity contribution is 6.09. The smallest absolute Gasteiger partial charge is 0.416 e. The summed E-state index contributed by atoms with van der Waals surface area (Å²) in [5, 5.41) is 11.6. The van der Waals surface area contributed by atoms with E-state index in [0.717, 1.165) is 25.0 Å². The highest BCUT2D eigenvalue weighted by atomic mass is 19.4. The van der Waals surface area contributed by atoms with Gasteiger partial charge >= 0.3 is 6.18 Å². The van der Waals surface area contributed by atoms with Crippen LogP contribution < -0.4 is 10.1 Å². The fourth-order valence-electron chi connectivity index (χ4n) is 2.28. The Balaban J connectivity index is 2.10. The van der Waals surface area contributed by atoms with Crippen molar-refractivity contribution in [2.75, 3.05) is 11.9 Å². The normalized spacial score (nSPS) is 11.6. The molecule has 0 spiro atoms. The number of anilines is 1. The van der Waals surface area contributed by atoms with Gasteiger partial charge in [0.2, 0.25) is 0 Å². The molecule has 0 atom stereocenters. The SMILES string of the molecule is CCCCOc1ccc(/C=C(\C#N)C(=O)Nc2cccc(C(F)(F)F)c2)cc1. The molecule has 0 aromatic heterocycles. The summed E-state index contributed by atoms with van der Waals surface area (Å²) in [4.78, 5) is 12.2. The molecule has 1 amide bonds. The molecule has 0 bridgehead atoms. The molecule has 7 heteroatoms. The van der Waals surface area contributed by atoms with E-state index in [0.29, 0.717) is 17.9 Å². The van der Waals surface area contributed by atoms with Gasteiger partial charge in [-0.15, -0.1) is 0 Å². The van der Waals surface area contributed by atoms with E-state index in [1.54, 1.807) is 30.3 Å². The molecule has 0 radical (unpaired) electrons. The number of amides is 1. The van der Waals surface area contributed by atoms with Crippen molar-refractivity contribution in [3.05, 3.63) is 65.2 Å². The molecule has 28 heavy (non-hydrogen) atoms. The van der Waals surface area contributed by atoms with Crippen LogP contribution in [-0.2, 0) is 11.0 Å². The number of ether oxygens (including phenoxy) is 1. The Morgan fingerprint density at radius 1 is 1.21 bits per heavy atom. The summed E-state index contributed by atoms with van der Waals surface area (Å²) in [5.41, 5.74) is -0.553. The van der Waals surface area contributed by atoms with Gasteiger partial charge in [-0.3, -0.25) is 4.79 Å². The van der Waals surface area contributed by atoms with Crippen LogP contribution in [0.3, 0.4) is 0 Å². The minimum absolute atomic E-state index is 0.0411. The lowest BCUT2D eigenvalue weighted by atomic mass is 10.1. The topological polar surface area (TPSA) is 62.1 Å². The lowest BCUT2D eigenvalue weighted by Crippen LogP contribution is -2.14. The maximum Gasteiger partial charge on any atom is 0.416 e. The minimum atomic E-state index is -4.52. The fourth-order valence-corrected chi connectivity index (χ4v) is 2.28. The highest BCUT2D eigenvalue weighted by Crippen LogP contribution is 2.30. The average molecular weight is 388 g/mol. The molecule has 2 rings (SSSR count). The Morgan fingerprint density at radius 3 is 2.54 bits per heavy atom. The van der Waals surface area contributed by atoms with Gasteiger partial charge in [-0.2, -0.15) is 18.4 Å². The molecule has 0 saturated heterocycles. The standard InChI is InChI=1S/C21H19F3N2O2/c1-2-3-11-28-19-9-7-15(8-10-19)12-16(14-25)20(27)26-18-6-4-5-17(13-18)21(22,23)24/h4-10,12-13H,2-3,11H2,1H3,(H,26,27)/b16-12+. The van der Waals surface area contributed by atoms with Crippen molar-refractivity contribution in [2.24, 2.45) is 0 Å². The van der Waals surface area contributed by atoms with Gasteiger partial charge in [0.15, 0.2) is 0 Å². The summed E-state index contributed by atoms with van der Waals surface area (Å²) in [7, 11) is 0. The highest BCUT2D eigenvalue weighted by Gasteiger charge is 2.30. The number of nitrogens with zero attached hydrogens (tertiary/aromatic N) is 1. The number of nitriles is 1. The molecule has 0 aliphatic rings. The molecular formula is C21H19F3N2O2. The van der Waals surface area contributed by atoms with Gasteiger partial charge in [0.1, 0.15) is 17.4 Å². The van der Waals surface area contributed by atoms with Crippen molar-refractivity contribution >= 4 is 17.7 Å². The summed E-state index contributed by atoms with van der Waals surface area (Å²) in [6.45, 7) is 2.67. The van der Waals surface area contributed by atoms with Gasteiger partial charge in [-0.1, -0.05) is 31.5 Å². The van der Waals surface area contributed by atoms with E-state index in [4.69, 9.17) is 4.74 Å². The Morgan fingerprint density at radius 2 is 1.93 bits per heavy atom. The average Bonchev–Trinajstić information content (AvgIpc) is 2.67. The van der Waals surface area contributed by atoms with Crippen LogP contribution >= 0.6 is 0 Å². The number of carbonyl (C=O) groups is 1. The van der Waals surface area contributed by atoms with E-state index in [2.05, 4.69) is 12.2 Å². The van der Waals surface area contributed by atoms with Crippen LogP contribution in [0.4, 0.5) is 18.9 Å². The zero-order valence-corrected chi connectivity index (χ0v) is 15.2. The van der Waals surface area contributed by atoms with Gasteiger partial charge in [0, 0.05) is 5.69 Å². The number of hydrogen-bond donors (Lipinski definition) is 1. The molecule has 1 N–H and O–H groups in total. The van der Waals surface area contributed by atoms with E-state index in [9.17, 15) is 23.2 Å². The molecule has 146 valence electrons. The van der Waals surface area contributed by atoms with E-state index < -0.39 is 17.6 Å². The number of nitrogens with one attached hydrogen (secondary N) is 1. The Kier molecular flexibility index (Phi) is 7.21. The first-order valence-corrected chi connectivity index (χ1v) is 8.66. The molecule has 2 aromatic carbocycles. The first-order valence-electron chi connectivity index (χ1n) is 8.66. The molecule has 0 fully saturated rings. The van der Waals surface area contributed by atoms with Crippen LogP contribution in [0.15, 0.2) is 54.1 Å². The predicted molar refractivity (Wildman–Crippen MR) is 101 cm³/mol. The summed E-state index contributed by atoms with van der Waals surface area (Å²) < 4.78 is 43.8. The quantitative estimate of drug-likeness (QED) is 0.391. The molecule has 0 heterocycles. The van der Waals surface area contributed by atoms with E-state index in [1.165, 1.54) is 18.2 Å². The van der Waals surface area contributed by atoms with E-state index >= 15 is 0 Å². The van der Waals surface area contributed by atoms with Crippen molar-refractivity contribution in [1.29, 1.82) is 5.26 Å². The van der Waals surface area contributed by atoms with Gasteiger partial charge in [0.25, 0.3) is 5.91 Å². The van der Waals surface area contributed by atoms with Crippen molar-refractivity contribution in [2.45, 2.75) is 25.9 Å². The van der Waals surface area contributed by atoms with Gasteiger partial charge in [-0.25, -0.2) is 0 Å². The first-order chi connectivity index (χ1) is 13.3. The second-order valence-corrected chi connectivity index (χ2v) is 5.97. The van der Waals surface area contributed by atoms with Gasteiger partial charge < -0.3 is 10.1 Å². The van der Waals surface area contributed by atoms with Gasteiger partial charge in [0.05, 0.1) is 12.2 Å². The monoisotopic (exact) mass is 388 g/mol. The number of hydrogen-bond acceptors (Lipinski definition) is 3. The fraction of sp³-hybridized carbons (Fsp3) is 0.238. The van der Waals surface area contributed by atoms with Crippen molar-refractivity contribution in [1.82, 2.24) is 0 Å². The summed E-state index contributed by atoms with van der Waals surface area (Å²) in [6.07, 6.45) is -1.20. The second-order valence-electron chi connectivity index (χ2n) is 5.97. The van der Waals surface area contributed by atoms with Gasteiger partial charge in [-0.05, 0) is 48.4 Å². The number of unbranched alkanes of at least 4 members (excludes halogenated alkanes) is 1. The molecule has 0 saturated carbocycles. The first kappa shape index (κ1) is 21.0. The zero-order valence-electron chi connectivity index (χ0n) is 15.2. The number of benzene rings is 2. The molecule has 2 aromatic rings. The van der Waals surface area contributed by atoms with Crippen LogP contribution in [0.5, 0.6) is 5.75 Å². The third kappa shape index (κ3) is 6.16. The number of rotatable bonds is 7. The lowest BCUT2D eigenvalue weighted by Gasteiger charge is -2.09. The van der Waals surface area contributed by atoms with Crippen molar-refractivity contribution < 1.29 is 22.7 Å². The largest absolute Gasteiger partial charge is 0.494 e. The predicted octanol–water partition coefficient (Wildman–Crippen LogP) is 5.43. The number of halogens is 3. The van der Waals surface area contributed by atoms with Crippen LogP contribution in [0.1, 0.15) is 30.9 Å². The molecule has 0 unspecified atom stereocenters. The minimum Gasteiger partial charge on any atom is -0.494 e. The summed E-state index contributed by atoms with van der Waals surface area (Å²) in [6, 6.07) is 12.8. The van der Waals surface area contributed by atoms with Crippen molar-refractivity contribution in [3.63, 3.8) is 0 Å². The van der Waals surface area contributed by atoms with E-state index in [-0.39, 0.29) is 11.3 Å². The third-order valence-corrected chi connectivity index (χ3v) is 3.77. The summed E-state index contributed by atoms with van der Waals surface area (Å²) >= 11 is 0.